The lowest BCUT2D eigenvalue weighted by molar-refractivity contribution is 1.61. The van der Waals surface area contributed by atoms with Crippen LogP contribution in [0.5, 0.6) is 0 Å². The van der Waals surface area contributed by atoms with Gasteiger partial charge in [0.15, 0.2) is 0 Å². The molecule has 5 aromatic carbocycles. The van der Waals surface area contributed by atoms with E-state index in [1.165, 1.54) is 53.6 Å². The number of rotatable bonds is 3. The summed E-state index contributed by atoms with van der Waals surface area (Å²) in [7, 11) is 0. The molecule has 0 saturated heterocycles. The minimum Gasteiger partial charge on any atom is -0.134 e. The zero-order valence-electron chi connectivity index (χ0n) is 17.3. The zero-order valence-corrected chi connectivity index (χ0v) is 18.8. The molecule has 0 aliphatic rings. The van der Waals surface area contributed by atoms with E-state index in [-0.39, 0.29) is 0 Å². The van der Waals surface area contributed by atoms with Gasteiger partial charge in [-0.1, -0.05) is 115 Å². The number of hydrogen-bond donors (Lipinski definition) is 0. The molecule has 2 heteroatoms. The second-order valence-electron chi connectivity index (χ2n) is 7.92. The Kier molecular flexibility index (Phi) is 4.79. The van der Waals surface area contributed by atoms with Gasteiger partial charge in [0.05, 0.1) is 0 Å². The molecule has 0 saturated carbocycles. The maximum absolute atomic E-state index is 6.12. The van der Waals surface area contributed by atoms with Gasteiger partial charge >= 0.3 is 0 Å². The fourth-order valence-corrected chi connectivity index (χ4v) is 5.87. The summed E-state index contributed by atoms with van der Waals surface area (Å²) in [6.07, 6.45) is 0. The molecule has 0 amide bonds. The Morgan fingerprint density at radius 2 is 0.875 bits per heavy atom. The highest BCUT2D eigenvalue weighted by Gasteiger charge is 2.13. The van der Waals surface area contributed by atoms with Crippen LogP contribution in [-0.2, 0) is 0 Å². The van der Waals surface area contributed by atoms with Crippen molar-refractivity contribution in [3.05, 3.63) is 120 Å². The van der Waals surface area contributed by atoms with Crippen molar-refractivity contribution in [2.24, 2.45) is 0 Å². The summed E-state index contributed by atoms with van der Waals surface area (Å²) in [6, 6.07) is 40.8. The number of hydrogen-bond acceptors (Lipinski definition) is 1. The van der Waals surface area contributed by atoms with E-state index in [1.807, 2.05) is 23.5 Å². The molecule has 0 aliphatic carbocycles. The molecule has 0 unspecified atom stereocenters. The van der Waals surface area contributed by atoms with Crippen molar-refractivity contribution in [2.75, 3.05) is 0 Å². The molecule has 152 valence electrons. The molecule has 0 nitrogen and oxygen atoms in total. The largest absolute Gasteiger partial charge is 0.134 e. The summed E-state index contributed by atoms with van der Waals surface area (Å²) in [4.78, 5) is 0. The van der Waals surface area contributed by atoms with Crippen molar-refractivity contribution in [2.45, 2.75) is 0 Å². The van der Waals surface area contributed by atoms with Crippen LogP contribution >= 0.6 is 22.9 Å². The van der Waals surface area contributed by atoms with E-state index in [0.717, 1.165) is 5.02 Å². The van der Waals surface area contributed by atoms with E-state index in [2.05, 4.69) is 103 Å². The minimum absolute atomic E-state index is 0.763. The quantitative estimate of drug-likeness (QED) is 0.253. The van der Waals surface area contributed by atoms with Crippen molar-refractivity contribution < 1.29 is 0 Å². The van der Waals surface area contributed by atoms with Crippen LogP contribution in [0.4, 0.5) is 0 Å². The highest BCUT2D eigenvalue weighted by molar-refractivity contribution is 7.26. The first-order chi connectivity index (χ1) is 15.8. The molecular weight excluding hydrogens is 428 g/mol. The van der Waals surface area contributed by atoms with Crippen molar-refractivity contribution in [1.29, 1.82) is 0 Å². The van der Waals surface area contributed by atoms with Crippen molar-refractivity contribution >= 4 is 43.1 Å². The summed E-state index contributed by atoms with van der Waals surface area (Å²) in [5.74, 6) is 0. The third-order valence-electron chi connectivity index (χ3n) is 5.98. The Balaban J connectivity index is 1.51. The van der Waals surface area contributed by atoms with Gasteiger partial charge in [-0.15, -0.1) is 11.3 Å². The van der Waals surface area contributed by atoms with Crippen LogP contribution in [0.25, 0.3) is 53.6 Å². The molecule has 0 spiro atoms. The van der Waals surface area contributed by atoms with E-state index >= 15 is 0 Å². The maximum Gasteiger partial charge on any atom is 0.0434 e. The number of halogens is 1. The van der Waals surface area contributed by atoms with Crippen LogP contribution in [0.15, 0.2) is 115 Å². The predicted octanol–water partition coefficient (Wildman–Crippen LogP) is 9.71. The Hall–Kier alpha value is -3.39. The van der Waals surface area contributed by atoms with E-state index < -0.39 is 0 Å². The predicted molar refractivity (Wildman–Crippen MR) is 141 cm³/mol. The summed E-state index contributed by atoms with van der Waals surface area (Å²) >= 11 is 8.00. The van der Waals surface area contributed by atoms with Gasteiger partial charge in [0.2, 0.25) is 0 Å². The van der Waals surface area contributed by atoms with Gasteiger partial charge < -0.3 is 0 Å². The molecule has 1 aromatic heterocycles. The van der Waals surface area contributed by atoms with Crippen LogP contribution in [0.3, 0.4) is 0 Å². The molecular formula is C30H19ClS. The van der Waals surface area contributed by atoms with Gasteiger partial charge in [-0.25, -0.2) is 0 Å². The van der Waals surface area contributed by atoms with Gasteiger partial charge in [0, 0.05) is 25.2 Å². The average molecular weight is 447 g/mol. The van der Waals surface area contributed by atoms with Crippen LogP contribution < -0.4 is 0 Å². The smallest absolute Gasteiger partial charge is 0.0434 e. The van der Waals surface area contributed by atoms with Gasteiger partial charge in [0.1, 0.15) is 0 Å². The molecule has 6 rings (SSSR count). The topological polar surface area (TPSA) is 0 Å². The normalized spacial score (nSPS) is 11.3. The summed E-state index contributed by atoms with van der Waals surface area (Å²) in [6.45, 7) is 0. The number of thiophene rings is 1. The Labute approximate surface area is 196 Å². The third-order valence-corrected chi connectivity index (χ3v) is 7.52. The Morgan fingerprint density at radius 3 is 1.44 bits per heavy atom. The average Bonchev–Trinajstić information content (AvgIpc) is 3.24. The summed E-state index contributed by atoms with van der Waals surface area (Å²) in [5, 5.41) is 3.38. The summed E-state index contributed by atoms with van der Waals surface area (Å²) in [5.41, 5.74) is 7.46. The lowest BCUT2D eigenvalue weighted by atomic mass is 9.98. The first kappa shape index (κ1) is 19.3. The van der Waals surface area contributed by atoms with Crippen LogP contribution in [-0.4, -0.2) is 0 Å². The zero-order chi connectivity index (χ0) is 21.5. The minimum atomic E-state index is 0.763. The van der Waals surface area contributed by atoms with E-state index in [0.29, 0.717) is 0 Å². The van der Waals surface area contributed by atoms with Gasteiger partial charge in [-0.3, -0.25) is 0 Å². The van der Waals surface area contributed by atoms with Crippen LogP contribution in [0, 0.1) is 0 Å². The van der Waals surface area contributed by atoms with Gasteiger partial charge in [-0.2, -0.15) is 0 Å². The SMILES string of the molecule is Clc1ccc(-c2cccc3c2sc2c(-c4ccc(-c5ccccc5)cc4)cccc23)cc1. The van der Waals surface area contributed by atoms with Crippen molar-refractivity contribution in [3.63, 3.8) is 0 Å². The van der Waals surface area contributed by atoms with Crippen LogP contribution in [0.1, 0.15) is 0 Å². The molecule has 0 N–H and O–H groups in total. The summed E-state index contributed by atoms with van der Waals surface area (Å²) < 4.78 is 2.65. The second-order valence-corrected chi connectivity index (χ2v) is 9.37. The molecule has 0 atom stereocenters. The Bertz CT molecular complexity index is 1540. The highest BCUT2D eigenvalue weighted by Crippen LogP contribution is 2.43. The maximum atomic E-state index is 6.12. The number of fused-ring (bicyclic) bond motifs is 3. The van der Waals surface area contributed by atoms with Gasteiger partial charge in [0.25, 0.3) is 0 Å². The second kappa shape index (κ2) is 7.94. The molecule has 6 aromatic rings. The highest BCUT2D eigenvalue weighted by atomic mass is 35.5. The molecule has 0 fully saturated rings. The molecule has 0 radical (unpaired) electrons. The molecule has 32 heavy (non-hydrogen) atoms. The molecule has 0 bridgehead atoms. The van der Waals surface area contributed by atoms with Crippen molar-refractivity contribution in [1.82, 2.24) is 0 Å². The third kappa shape index (κ3) is 3.31. The van der Waals surface area contributed by atoms with E-state index in [4.69, 9.17) is 11.6 Å². The first-order valence-electron chi connectivity index (χ1n) is 10.6. The van der Waals surface area contributed by atoms with E-state index in [1.54, 1.807) is 0 Å². The molecule has 0 aliphatic heterocycles. The number of benzene rings is 5. The Morgan fingerprint density at radius 1 is 0.406 bits per heavy atom. The fraction of sp³-hybridized carbons (Fsp3) is 0. The van der Waals surface area contributed by atoms with Crippen LogP contribution in [0.2, 0.25) is 5.02 Å². The van der Waals surface area contributed by atoms with Gasteiger partial charge in [-0.05, 0) is 45.5 Å². The standard InChI is InChI=1S/C30H19ClS/c31-24-18-16-23(17-19-24)26-9-5-11-28-27-10-4-8-25(29(27)32-30(26)28)22-14-12-21(13-15-22)20-6-2-1-3-7-20/h1-19H. The molecule has 1 heterocycles. The van der Waals surface area contributed by atoms with E-state index in [9.17, 15) is 0 Å². The fourth-order valence-electron chi connectivity index (χ4n) is 4.38. The first-order valence-corrected chi connectivity index (χ1v) is 11.8. The van der Waals surface area contributed by atoms with Crippen molar-refractivity contribution in [3.8, 4) is 33.4 Å². The monoisotopic (exact) mass is 446 g/mol. The lowest BCUT2D eigenvalue weighted by Crippen LogP contribution is -1.80. The lowest BCUT2D eigenvalue weighted by Gasteiger charge is -2.06.